The maximum Gasteiger partial charge on any atom is 0.0546 e. The van der Waals surface area contributed by atoms with Crippen molar-refractivity contribution in [2.75, 3.05) is 14.7 Å². The van der Waals surface area contributed by atoms with Crippen LogP contribution in [0.1, 0.15) is 0 Å². The predicted molar refractivity (Wildman–Crippen MR) is 628 cm³/mol. The summed E-state index contributed by atoms with van der Waals surface area (Å²) in [6.07, 6.45) is 0. The fraction of sp³-hybridized carbons (Fsp3) is 0. The van der Waals surface area contributed by atoms with E-state index in [0.29, 0.717) is 0 Å². The molecule has 0 radical (unpaired) electrons. The zero-order valence-corrected chi connectivity index (χ0v) is 81.2. The summed E-state index contributed by atoms with van der Waals surface area (Å²) < 4.78 is 0. The molecule has 26 rings (SSSR count). The van der Waals surface area contributed by atoms with Gasteiger partial charge in [-0.1, -0.05) is 504 Å². The Bertz CT molecular complexity index is 9100. The van der Waals surface area contributed by atoms with Crippen molar-refractivity contribution in [3.8, 4) is 122 Å². The quantitative estimate of drug-likeness (QED) is 0.0704. The Labute approximate surface area is 859 Å². The highest BCUT2D eigenvalue weighted by Gasteiger charge is 2.24. The first-order valence-electron chi connectivity index (χ1n) is 50.5. The molecule has 0 atom stereocenters. The van der Waals surface area contributed by atoms with E-state index in [4.69, 9.17) is 0 Å². The smallest absolute Gasteiger partial charge is 0.0546 e. The molecular formula is C144H101N3. The maximum absolute atomic E-state index is 2.42. The number of fused-ring (bicyclic) bond motifs is 7. The van der Waals surface area contributed by atoms with Crippen LogP contribution in [0.4, 0.5) is 51.2 Å². The van der Waals surface area contributed by atoms with Crippen molar-refractivity contribution < 1.29 is 0 Å². The van der Waals surface area contributed by atoms with E-state index >= 15 is 0 Å². The Hall–Kier alpha value is -19.3. The molecule has 3 heteroatoms. The summed E-state index contributed by atoms with van der Waals surface area (Å²) in [5, 5.41) is 15.0. The van der Waals surface area contributed by atoms with Gasteiger partial charge in [0.15, 0.2) is 0 Å². The second-order valence-electron chi connectivity index (χ2n) is 37.3. The predicted octanol–water partition coefficient (Wildman–Crippen LogP) is 40.7. The topological polar surface area (TPSA) is 9.72 Å². The number of anilines is 9. The zero-order valence-electron chi connectivity index (χ0n) is 81.2. The van der Waals surface area contributed by atoms with Crippen LogP contribution in [0, 0.1) is 0 Å². The number of benzene rings is 26. The van der Waals surface area contributed by atoms with Crippen molar-refractivity contribution in [2.24, 2.45) is 0 Å². The van der Waals surface area contributed by atoms with E-state index in [9.17, 15) is 0 Å². The fourth-order valence-electron chi connectivity index (χ4n) is 21.2. The first-order chi connectivity index (χ1) is 72.9. The van der Waals surface area contributed by atoms with Crippen LogP contribution in [0.2, 0.25) is 0 Å². The van der Waals surface area contributed by atoms with Crippen molar-refractivity contribution in [1.82, 2.24) is 0 Å². The van der Waals surface area contributed by atoms with Crippen LogP contribution in [-0.2, 0) is 0 Å². The lowest BCUT2D eigenvalue weighted by molar-refractivity contribution is 1.28. The van der Waals surface area contributed by atoms with Gasteiger partial charge in [0.2, 0.25) is 0 Å². The van der Waals surface area contributed by atoms with Gasteiger partial charge in [-0.2, -0.15) is 0 Å². The van der Waals surface area contributed by atoms with Gasteiger partial charge in [-0.05, 0) is 291 Å². The van der Waals surface area contributed by atoms with Crippen LogP contribution >= 0.6 is 0 Å². The van der Waals surface area contributed by atoms with Crippen LogP contribution in [0.15, 0.2) is 613 Å². The van der Waals surface area contributed by atoms with Crippen molar-refractivity contribution in [3.05, 3.63) is 613 Å². The minimum absolute atomic E-state index is 1.11. The summed E-state index contributed by atoms with van der Waals surface area (Å²) in [6, 6.07) is 221. The summed E-state index contributed by atoms with van der Waals surface area (Å²) in [7, 11) is 0. The molecule has 26 aromatic carbocycles. The van der Waals surface area contributed by atoms with Crippen LogP contribution in [-0.4, -0.2) is 0 Å². The van der Waals surface area contributed by atoms with Gasteiger partial charge in [-0.25, -0.2) is 0 Å². The average Bonchev–Trinajstić information content (AvgIpc) is 0.851. The fourth-order valence-corrected chi connectivity index (χ4v) is 21.2. The normalized spacial score (nSPS) is 11.1. The monoisotopic (exact) mass is 1870 g/mol. The third-order valence-electron chi connectivity index (χ3n) is 28.4. The molecule has 0 aliphatic heterocycles. The lowest BCUT2D eigenvalue weighted by atomic mass is 9.89. The molecule has 3 nitrogen and oxygen atoms in total. The van der Waals surface area contributed by atoms with E-state index < -0.39 is 0 Å². The third kappa shape index (κ3) is 18.8. The van der Waals surface area contributed by atoms with E-state index in [1.165, 1.54) is 187 Å². The molecule has 0 N–H and O–H groups in total. The van der Waals surface area contributed by atoms with Gasteiger partial charge in [0, 0.05) is 50.9 Å². The van der Waals surface area contributed by atoms with E-state index in [1.807, 2.05) is 0 Å². The summed E-state index contributed by atoms with van der Waals surface area (Å²) in [5.41, 5.74) is 37.0. The molecule has 0 aliphatic carbocycles. The van der Waals surface area contributed by atoms with Gasteiger partial charge >= 0.3 is 0 Å². The molecule has 0 aliphatic rings. The molecule has 0 unspecified atom stereocenters. The molecule has 147 heavy (non-hydrogen) atoms. The van der Waals surface area contributed by atoms with Gasteiger partial charge < -0.3 is 14.7 Å². The first kappa shape index (κ1) is 90.2. The SMILES string of the molecule is c1ccc(-c2c(-c3ccc(N(c4ccc(-c5cccc6ccccc56)cc4)c4cc5ccccc5c5ccccc45)cc3)ccc3ccccc23)cc1.c1ccc(-c2ccc(-c3ccc(N(c4ccccc4)c4ccc(-c5ccc6ccccc6c5-c5ccccc5)cc4)cc3)cc2)cc1.c1ccc(-c2cccc(-c3ccc(N(c4ccccc4)c4ccc(-c5ccc6ccccc6c5-c5ccccc5)cc4)cc3)c2)cc1. The third-order valence-corrected chi connectivity index (χ3v) is 28.4. The van der Waals surface area contributed by atoms with Crippen molar-refractivity contribution in [2.45, 2.75) is 0 Å². The molecular weight excluding hydrogens is 1770 g/mol. The molecule has 0 heterocycles. The highest BCUT2D eigenvalue weighted by molar-refractivity contribution is 6.15. The number of rotatable bonds is 20. The number of hydrogen-bond acceptors (Lipinski definition) is 3. The van der Waals surface area contributed by atoms with Crippen molar-refractivity contribution in [3.63, 3.8) is 0 Å². The van der Waals surface area contributed by atoms with Gasteiger partial charge in [-0.15, -0.1) is 0 Å². The van der Waals surface area contributed by atoms with Crippen LogP contribution in [0.3, 0.4) is 0 Å². The van der Waals surface area contributed by atoms with Crippen LogP contribution < -0.4 is 14.7 Å². The summed E-state index contributed by atoms with van der Waals surface area (Å²) in [4.78, 5) is 7.07. The van der Waals surface area contributed by atoms with E-state index in [1.54, 1.807) is 0 Å². The zero-order chi connectivity index (χ0) is 98.0. The molecule has 0 saturated heterocycles. The second-order valence-corrected chi connectivity index (χ2v) is 37.3. The van der Waals surface area contributed by atoms with Gasteiger partial charge in [0.05, 0.1) is 5.69 Å². The minimum atomic E-state index is 1.11. The Kier molecular flexibility index (Phi) is 25.5. The van der Waals surface area contributed by atoms with Crippen LogP contribution in [0.25, 0.3) is 187 Å². The van der Waals surface area contributed by atoms with E-state index in [2.05, 4.69) is 627 Å². The second kappa shape index (κ2) is 41.5. The lowest BCUT2D eigenvalue weighted by Gasteiger charge is -2.28. The highest BCUT2D eigenvalue weighted by atomic mass is 15.2. The highest BCUT2D eigenvalue weighted by Crippen LogP contribution is 2.49. The average molecular weight is 1870 g/mol. The van der Waals surface area contributed by atoms with E-state index in [0.717, 1.165) is 51.2 Å². The molecule has 0 spiro atoms. The van der Waals surface area contributed by atoms with Crippen molar-refractivity contribution in [1.29, 1.82) is 0 Å². The standard InChI is InChI=1S/C52H35N.2C46H33N/c1-2-15-40(16-3-1)52-47-21-9-5-14-37(47)29-34-48(52)39-27-32-43(33-28-39)53(51-35-41-17-6-8-20-46(41)49-22-10-11-23-50(49)51)42-30-25-38(26-31-42)45-24-12-18-36-13-4-7-19-44(36)45;1-4-13-34(14-5-1)39-18-12-19-40(33-39)35-23-28-42(29-24-35)47(41-20-8-3-9-21-41)43-30-25-37(26-31-43)45-32-27-36-15-10-11-22-44(36)46(45)38-16-6-2-7-17-38;1-4-12-34(13-5-1)35-20-22-36(23-21-35)37-24-29-42(30-25-37)47(41-17-8-3-9-18-41)43-31-26-39(27-32-43)45-33-28-38-14-10-11-19-44(38)46(45)40-15-6-2-7-16-40/h1-35H;2*1-33H. The van der Waals surface area contributed by atoms with Crippen molar-refractivity contribution >= 4 is 116 Å². The number of hydrogen-bond donors (Lipinski definition) is 0. The Morgan fingerprint density at radius 2 is 0.313 bits per heavy atom. The maximum atomic E-state index is 2.42. The Morgan fingerprint density at radius 3 is 0.673 bits per heavy atom. The van der Waals surface area contributed by atoms with Gasteiger partial charge in [0.1, 0.15) is 0 Å². The molecule has 0 aromatic heterocycles. The number of nitrogens with zero attached hydrogens (tertiary/aromatic N) is 3. The molecule has 0 bridgehead atoms. The van der Waals surface area contributed by atoms with Crippen LogP contribution in [0.5, 0.6) is 0 Å². The van der Waals surface area contributed by atoms with Gasteiger partial charge in [0.25, 0.3) is 0 Å². The first-order valence-corrected chi connectivity index (χ1v) is 50.5. The summed E-state index contributed by atoms with van der Waals surface area (Å²) in [5.74, 6) is 0. The van der Waals surface area contributed by atoms with E-state index in [-0.39, 0.29) is 0 Å². The summed E-state index contributed by atoms with van der Waals surface area (Å²) >= 11 is 0. The molecule has 0 amide bonds. The largest absolute Gasteiger partial charge is 0.311 e. The molecule has 0 fully saturated rings. The molecule has 26 aromatic rings. The lowest BCUT2D eigenvalue weighted by Crippen LogP contribution is -2.10. The Balaban J connectivity index is 0.000000118. The van der Waals surface area contributed by atoms with Gasteiger partial charge in [-0.3, -0.25) is 0 Å². The Morgan fingerprint density at radius 1 is 0.0952 bits per heavy atom. The minimum Gasteiger partial charge on any atom is -0.311 e. The molecule has 0 saturated carbocycles. The molecule has 692 valence electrons. The number of para-hydroxylation sites is 2. The summed E-state index contributed by atoms with van der Waals surface area (Å²) in [6.45, 7) is 0.